The molecule has 18 heavy (non-hydrogen) atoms. The molecule has 0 unspecified atom stereocenters. The Morgan fingerprint density at radius 2 is 1.83 bits per heavy atom. The molecule has 0 fully saturated rings. The number of hydrazone groups is 1. The highest BCUT2D eigenvalue weighted by Crippen LogP contribution is 2.36. The number of nitriles is 2. The fourth-order valence-electron chi connectivity index (χ4n) is 1.06. The van der Waals surface area contributed by atoms with Crippen molar-refractivity contribution in [1.29, 1.82) is 10.5 Å². The predicted molar refractivity (Wildman–Crippen MR) is 53.7 cm³/mol. The van der Waals surface area contributed by atoms with Crippen LogP contribution in [0.5, 0.6) is 0 Å². The Labute approximate surface area is 98.8 Å². The third kappa shape index (κ3) is 2.95. The van der Waals surface area contributed by atoms with Gasteiger partial charge in [0.25, 0.3) is 0 Å². The minimum Gasteiger partial charge on any atom is -0.273 e. The van der Waals surface area contributed by atoms with Crippen LogP contribution in [0.15, 0.2) is 23.3 Å². The van der Waals surface area contributed by atoms with Crippen LogP contribution < -0.4 is 5.43 Å². The lowest BCUT2D eigenvalue weighted by Gasteiger charge is -2.12. The number of halogens is 4. The van der Waals surface area contributed by atoms with Crippen LogP contribution in [0.1, 0.15) is 5.56 Å². The van der Waals surface area contributed by atoms with E-state index in [9.17, 15) is 17.6 Å². The number of benzene rings is 1. The van der Waals surface area contributed by atoms with E-state index in [1.807, 2.05) is 0 Å². The van der Waals surface area contributed by atoms with Crippen LogP contribution >= 0.6 is 0 Å². The number of hydrogen-bond acceptors (Lipinski definition) is 4. The van der Waals surface area contributed by atoms with Gasteiger partial charge in [0.05, 0.1) is 5.56 Å². The zero-order valence-corrected chi connectivity index (χ0v) is 8.59. The van der Waals surface area contributed by atoms with E-state index in [-0.39, 0.29) is 0 Å². The van der Waals surface area contributed by atoms with Gasteiger partial charge in [-0.3, -0.25) is 5.43 Å². The minimum atomic E-state index is -4.78. The van der Waals surface area contributed by atoms with Crippen LogP contribution in [0.25, 0.3) is 0 Å². The van der Waals surface area contributed by atoms with Crippen molar-refractivity contribution in [2.45, 2.75) is 6.18 Å². The van der Waals surface area contributed by atoms with Gasteiger partial charge in [0, 0.05) is 0 Å². The lowest BCUT2D eigenvalue weighted by molar-refractivity contribution is -0.137. The highest BCUT2D eigenvalue weighted by atomic mass is 19.4. The normalized spacial score (nSPS) is 10.1. The van der Waals surface area contributed by atoms with Crippen LogP contribution in [-0.2, 0) is 6.18 Å². The summed E-state index contributed by atoms with van der Waals surface area (Å²) < 4.78 is 50.8. The third-order valence-corrected chi connectivity index (χ3v) is 1.81. The van der Waals surface area contributed by atoms with Crippen molar-refractivity contribution < 1.29 is 17.6 Å². The SMILES string of the molecule is N#CC(C#N)=NNc1c(F)cccc1C(F)(F)F. The van der Waals surface area contributed by atoms with Crippen LogP contribution in [0.4, 0.5) is 23.2 Å². The van der Waals surface area contributed by atoms with Gasteiger partial charge in [0.2, 0.25) is 5.71 Å². The van der Waals surface area contributed by atoms with E-state index in [1.165, 1.54) is 12.1 Å². The van der Waals surface area contributed by atoms with Gasteiger partial charge in [-0.25, -0.2) is 4.39 Å². The molecule has 0 bridgehead atoms. The molecule has 1 N–H and O–H groups in total. The minimum absolute atomic E-state index is 0.652. The van der Waals surface area contributed by atoms with E-state index < -0.39 is 29.0 Å². The number of nitrogens with zero attached hydrogens (tertiary/aromatic N) is 3. The highest BCUT2D eigenvalue weighted by molar-refractivity contribution is 6.10. The van der Waals surface area contributed by atoms with Gasteiger partial charge in [0.1, 0.15) is 23.6 Å². The average Bonchev–Trinajstić information content (AvgIpc) is 2.30. The summed E-state index contributed by atoms with van der Waals surface area (Å²) in [6, 6.07) is 4.99. The topological polar surface area (TPSA) is 72.0 Å². The summed E-state index contributed by atoms with van der Waals surface area (Å²) in [4.78, 5) is 0. The maximum atomic E-state index is 13.2. The first kappa shape index (κ1) is 13.5. The zero-order chi connectivity index (χ0) is 13.8. The molecular formula is C10H4F4N4. The van der Waals surface area contributed by atoms with E-state index >= 15 is 0 Å². The quantitative estimate of drug-likeness (QED) is 0.502. The molecule has 0 atom stereocenters. The Hall–Kier alpha value is -2.61. The van der Waals surface area contributed by atoms with Gasteiger partial charge in [-0.05, 0) is 12.1 Å². The second kappa shape index (κ2) is 5.15. The molecule has 0 aliphatic rings. The molecule has 1 aromatic rings. The smallest absolute Gasteiger partial charge is 0.273 e. The van der Waals surface area contributed by atoms with Gasteiger partial charge in [0.15, 0.2) is 0 Å². The summed E-state index contributed by atoms with van der Waals surface area (Å²) >= 11 is 0. The second-order valence-electron chi connectivity index (χ2n) is 2.96. The molecule has 0 amide bonds. The molecule has 0 saturated heterocycles. The molecule has 0 radical (unpaired) electrons. The number of anilines is 1. The molecule has 92 valence electrons. The summed E-state index contributed by atoms with van der Waals surface area (Å²) in [5.74, 6) is -1.19. The summed E-state index contributed by atoms with van der Waals surface area (Å²) in [6.07, 6.45) is -4.78. The molecule has 4 nitrogen and oxygen atoms in total. The van der Waals surface area contributed by atoms with E-state index in [1.54, 1.807) is 5.43 Å². The fraction of sp³-hybridized carbons (Fsp3) is 0.100. The lowest BCUT2D eigenvalue weighted by Crippen LogP contribution is -2.10. The van der Waals surface area contributed by atoms with Crippen LogP contribution in [0.2, 0.25) is 0 Å². The van der Waals surface area contributed by atoms with Crippen LogP contribution in [0, 0.1) is 28.5 Å². The van der Waals surface area contributed by atoms with Crippen molar-refractivity contribution >= 4 is 11.4 Å². The first-order chi connectivity index (χ1) is 8.40. The summed E-state index contributed by atoms with van der Waals surface area (Å²) in [5.41, 5.74) is -1.19. The summed E-state index contributed by atoms with van der Waals surface area (Å²) in [5, 5.41) is 19.8. The van der Waals surface area contributed by atoms with Gasteiger partial charge >= 0.3 is 6.18 Å². The first-order valence-corrected chi connectivity index (χ1v) is 4.39. The molecule has 0 saturated carbocycles. The van der Waals surface area contributed by atoms with E-state index in [0.29, 0.717) is 6.07 Å². The molecule has 1 rings (SSSR count). The number of hydrogen-bond donors (Lipinski definition) is 1. The number of alkyl halides is 3. The number of rotatable bonds is 2. The van der Waals surface area contributed by atoms with Gasteiger partial charge in [-0.1, -0.05) is 6.07 Å². The number of para-hydroxylation sites is 1. The second-order valence-corrected chi connectivity index (χ2v) is 2.96. The van der Waals surface area contributed by atoms with Crippen molar-refractivity contribution in [2.24, 2.45) is 5.10 Å². The van der Waals surface area contributed by atoms with Gasteiger partial charge in [-0.2, -0.15) is 28.8 Å². The standard InChI is InChI=1S/C10H4F4N4/c11-8-3-1-2-7(10(12,13)14)9(8)18-17-6(4-15)5-16/h1-3,18H. The predicted octanol–water partition coefficient (Wildman–Crippen LogP) is 2.66. The lowest BCUT2D eigenvalue weighted by atomic mass is 10.1. The van der Waals surface area contributed by atoms with E-state index in [4.69, 9.17) is 10.5 Å². The van der Waals surface area contributed by atoms with E-state index in [0.717, 1.165) is 12.1 Å². The molecule has 0 heterocycles. The third-order valence-electron chi connectivity index (χ3n) is 1.81. The van der Waals surface area contributed by atoms with Gasteiger partial charge in [-0.15, -0.1) is 0 Å². The average molecular weight is 256 g/mol. The Bertz CT molecular complexity index is 547. The molecule has 0 aliphatic carbocycles. The van der Waals surface area contributed by atoms with E-state index in [2.05, 4.69) is 5.10 Å². The van der Waals surface area contributed by atoms with Crippen molar-refractivity contribution in [1.82, 2.24) is 0 Å². The van der Waals surface area contributed by atoms with Crippen molar-refractivity contribution in [2.75, 3.05) is 5.43 Å². The fourth-order valence-corrected chi connectivity index (χ4v) is 1.06. The largest absolute Gasteiger partial charge is 0.418 e. The monoisotopic (exact) mass is 256 g/mol. The van der Waals surface area contributed by atoms with Crippen molar-refractivity contribution in [3.8, 4) is 12.1 Å². The molecule has 8 heteroatoms. The Kier molecular flexibility index (Phi) is 3.85. The molecule has 0 aromatic heterocycles. The molecular weight excluding hydrogens is 252 g/mol. The van der Waals surface area contributed by atoms with Crippen molar-refractivity contribution in [3.63, 3.8) is 0 Å². The Morgan fingerprint density at radius 1 is 1.22 bits per heavy atom. The molecule has 1 aromatic carbocycles. The molecule has 0 aliphatic heterocycles. The Balaban J connectivity index is 3.22. The van der Waals surface area contributed by atoms with Crippen LogP contribution in [0.3, 0.4) is 0 Å². The maximum Gasteiger partial charge on any atom is 0.418 e. The van der Waals surface area contributed by atoms with Crippen molar-refractivity contribution in [3.05, 3.63) is 29.6 Å². The van der Waals surface area contributed by atoms with Crippen LogP contribution in [-0.4, -0.2) is 5.71 Å². The Morgan fingerprint density at radius 3 is 2.33 bits per heavy atom. The first-order valence-electron chi connectivity index (χ1n) is 4.39. The summed E-state index contributed by atoms with van der Waals surface area (Å²) in [7, 11) is 0. The summed E-state index contributed by atoms with van der Waals surface area (Å²) in [6.45, 7) is 0. The molecule has 0 spiro atoms. The maximum absolute atomic E-state index is 13.2. The van der Waals surface area contributed by atoms with Gasteiger partial charge < -0.3 is 0 Å². The highest BCUT2D eigenvalue weighted by Gasteiger charge is 2.34. The number of nitrogens with one attached hydrogen (secondary N) is 1. The zero-order valence-electron chi connectivity index (χ0n) is 8.59.